The Kier molecular flexibility index (Phi) is 6.59. The largest absolute Gasteiger partial charge is 0.491 e. The highest BCUT2D eigenvalue weighted by Crippen LogP contribution is 2.34. The summed E-state index contributed by atoms with van der Waals surface area (Å²) in [7, 11) is 0. The van der Waals surface area contributed by atoms with E-state index >= 15 is 0 Å². The fraction of sp³-hybridized carbons (Fsp3) is 0.364. The van der Waals surface area contributed by atoms with Crippen molar-refractivity contribution in [3.63, 3.8) is 0 Å². The topological polar surface area (TPSA) is 91.0 Å². The zero-order chi connectivity index (χ0) is 23.4. The van der Waals surface area contributed by atoms with E-state index in [9.17, 15) is 22.8 Å². The van der Waals surface area contributed by atoms with Crippen LogP contribution in [0.3, 0.4) is 0 Å². The fourth-order valence-corrected chi connectivity index (χ4v) is 3.86. The Morgan fingerprint density at radius 2 is 1.91 bits per heavy atom. The summed E-state index contributed by atoms with van der Waals surface area (Å²) in [6, 6.07) is 5.64. The SMILES string of the molecule is O=C(OC(=O)C(F)(F)F)c1c2c(nn1CCCNCCn1cccc1)-c1ccncc1CC2. The van der Waals surface area contributed by atoms with Crippen LogP contribution in [0.2, 0.25) is 0 Å². The average molecular weight is 461 g/mol. The van der Waals surface area contributed by atoms with Crippen LogP contribution >= 0.6 is 0 Å². The van der Waals surface area contributed by atoms with E-state index in [1.165, 1.54) is 4.68 Å². The van der Waals surface area contributed by atoms with Crippen molar-refractivity contribution in [3.05, 3.63) is 59.8 Å². The Morgan fingerprint density at radius 1 is 1.12 bits per heavy atom. The summed E-state index contributed by atoms with van der Waals surface area (Å²) < 4.78 is 45.5. The van der Waals surface area contributed by atoms with Crippen molar-refractivity contribution in [1.29, 1.82) is 0 Å². The molecule has 0 saturated carbocycles. The molecule has 1 aliphatic carbocycles. The Hall–Kier alpha value is -3.47. The van der Waals surface area contributed by atoms with Crippen molar-refractivity contribution < 1.29 is 27.5 Å². The third-order valence-electron chi connectivity index (χ3n) is 5.40. The third-order valence-corrected chi connectivity index (χ3v) is 5.40. The van der Waals surface area contributed by atoms with Crippen molar-refractivity contribution in [3.8, 4) is 11.3 Å². The maximum atomic E-state index is 12.6. The van der Waals surface area contributed by atoms with Gasteiger partial charge in [0.15, 0.2) is 5.69 Å². The van der Waals surface area contributed by atoms with E-state index in [4.69, 9.17) is 0 Å². The minimum atomic E-state index is -5.26. The van der Waals surface area contributed by atoms with Gasteiger partial charge in [-0.05, 0) is 49.6 Å². The van der Waals surface area contributed by atoms with Crippen LogP contribution < -0.4 is 5.32 Å². The predicted molar refractivity (Wildman–Crippen MR) is 111 cm³/mol. The van der Waals surface area contributed by atoms with Gasteiger partial charge >= 0.3 is 18.1 Å². The number of carbonyl (C=O) groups is 2. The minimum absolute atomic E-state index is 0.114. The second kappa shape index (κ2) is 9.57. The highest BCUT2D eigenvalue weighted by atomic mass is 19.4. The van der Waals surface area contributed by atoms with Gasteiger partial charge in [0, 0.05) is 55.5 Å². The van der Waals surface area contributed by atoms with Crippen LogP contribution in [0.5, 0.6) is 0 Å². The number of carbonyl (C=O) groups excluding carboxylic acids is 2. The van der Waals surface area contributed by atoms with E-state index in [0.717, 1.165) is 24.2 Å². The van der Waals surface area contributed by atoms with E-state index in [2.05, 4.69) is 20.1 Å². The molecule has 0 fully saturated rings. The number of hydrogen-bond acceptors (Lipinski definition) is 6. The molecule has 11 heteroatoms. The zero-order valence-electron chi connectivity index (χ0n) is 17.6. The summed E-state index contributed by atoms with van der Waals surface area (Å²) in [5, 5.41) is 7.79. The molecular formula is C22H22F3N5O3. The number of alkyl halides is 3. The first-order chi connectivity index (χ1) is 15.8. The zero-order valence-corrected chi connectivity index (χ0v) is 17.6. The fourth-order valence-electron chi connectivity index (χ4n) is 3.86. The van der Waals surface area contributed by atoms with Crippen LogP contribution in [0.25, 0.3) is 11.3 Å². The molecule has 1 aliphatic rings. The number of nitrogens with one attached hydrogen (secondary N) is 1. The number of pyridine rings is 1. The highest BCUT2D eigenvalue weighted by molar-refractivity contribution is 5.99. The second-order valence-corrected chi connectivity index (χ2v) is 7.63. The molecule has 0 unspecified atom stereocenters. The van der Waals surface area contributed by atoms with Crippen LogP contribution in [0.1, 0.15) is 28.0 Å². The lowest BCUT2D eigenvalue weighted by atomic mass is 9.90. The molecular weight excluding hydrogens is 439 g/mol. The molecule has 33 heavy (non-hydrogen) atoms. The Morgan fingerprint density at radius 3 is 2.67 bits per heavy atom. The number of hydrogen-bond donors (Lipinski definition) is 1. The number of ether oxygens (including phenoxy) is 1. The molecule has 0 atom stereocenters. The molecule has 0 bridgehead atoms. The average Bonchev–Trinajstić information content (AvgIpc) is 3.43. The lowest BCUT2D eigenvalue weighted by molar-refractivity contribution is -0.193. The molecule has 3 aromatic heterocycles. The van der Waals surface area contributed by atoms with Crippen LogP contribution in [-0.2, 0) is 35.5 Å². The van der Waals surface area contributed by atoms with Gasteiger partial charge in [-0.25, -0.2) is 9.59 Å². The summed E-state index contributed by atoms with van der Waals surface area (Å²) in [4.78, 5) is 28.0. The molecule has 3 aromatic rings. The first-order valence-corrected chi connectivity index (χ1v) is 10.5. The van der Waals surface area contributed by atoms with Crippen molar-refractivity contribution in [2.45, 2.75) is 38.5 Å². The molecule has 0 aromatic carbocycles. The van der Waals surface area contributed by atoms with Gasteiger partial charge in [0.1, 0.15) is 0 Å². The minimum Gasteiger partial charge on any atom is -0.381 e. The Labute approximate surface area is 187 Å². The maximum Gasteiger partial charge on any atom is 0.491 e. The molecule has 3 heterocycles. The van der Waals surface area contributed by atoms with Crippen molar-refractivity contribution in [2.75, 3.05) is 13.1 Å². The highest BCUT2D eigenvalue weighted by Gasteiger charge is 2.43. The first-order valence-electron chi connectivity index (χ1n) is 10.5. The van der Waals surface area contributed by atoms with E-state index in [1.807, 2.05) is 29.1 Å². The van der Waals surface area contributed by atoms with Gasteiger partial charge in [-0.1, -0.05) is 0 Å². The Bertz CT molecular complexity index is 1140. The van der Waals surface area contributed by atoms with Crippen LogP contribution in [0.4, 0.5) is 13.2 Å². The second-order valence-electron chi connectivity index (χ2n) is 7.63. The van der Waals surface area contributed by atoms with Crippen molar-refractivity contribution >= 4 is 11.9 Å². The molecule has 174 valence electrons. The number of fused-ring (bicyclic) bond motifs is 3. The van der Waals surface area contributed by atoms with Gasteiger partial charge in [-0.2, -0.15) is 18.3 Å². The molecule has 0 saturated heterocycles. The van der Waals surface area contributed by atoms with Crippen LogP contribution in [0.15, 0.2) is 43.0 Å². The molecule has 0 radical (unpaired) electrons. The Balaban J connectivity index is 1.49. The number of esters is 2. The van der Waals surface area contributed by atoms with Gasteiger partial charge in [-0.3, -0.25) is 9.67 Å². The number of aromatic nitrogens is 4. The number of nitrogens with zero attached hydrogens (tertiary/aromatic N) is 4. The number of halogens is 3. The molecule has 4 rings (SSSR count). The van der Waals surface area contributed by atoms with E-state index in [0.29, 0.717) is 37.1 Å². The smallest absolute Gasteiger partial charge is 0.381 e. The molecule has 0 aliphatic heterocycles. The van der Waals surface area contributed by atoms with E-state index in [-0.39, 0.29) is 12.2 Å². The van der Waals surface area contributed by atoms with Gasteiger partial charge in [0.2, 0.25) is 0 Å². The van der Waals surface area contributed by atoms with Gasteiger partial charge < -0.3 is 14.6 Å². The number of rotatable bonds is 8. The lowest BCUT2D eigenvalue weighted by Gasteiger charge is -2.15. The quantitative estimate of drug-likeness (QED) is 0.315. The monoisotopic (exact) mass is 461 g/mol. The normalized spacial score (nSPS) is 12.8. The first kappa shape index (κ1) is 22.7. The summed E-state index contributed by atoms with van der Waals surface area (Å²) in [6.45, 7) is 2.42. The van der Waals surface area contributed by atoms with Crippen LogP contribution in [0, 0.1) is 0 Å². The lowest BCUT2D eigenvalue weighted by Crippen LogP contribution is -2.29. The molecule has 8 nitrogen and oxygen atoms in total. The molecule has 1 N–H and O–H groups in total. The predicted octanol–water partition coefficient (Wildman–Crippen LogP) is 2.77. The van der Waals surface area contributed by atoms with Crippen molar-refractivity contribution in [2.24, 2.45) is 0 Å². The van der Waals surface area contributed by atoms with Crippen LogP contribution in [-0.4, -0.2) is 50.5 Å². The summed E-state index contributed by atoms with van der Waals surface area (Å²) >= 11 is 0. The number of aryl methyl sites for hydroxylation is 2. The van der Waals surface area contributed by atoms with Crippen molar-refractivity contribution in [1.82, 2.24) is 24.6 Å². The standard InChI is InChI=1S/C22H22F3N5O3/c23-22(24,25)21(32)33-20(31)19-17-5-4-15-14-27-8-6-16(15)18(17)28-30(19)12-3-7-26-9-13-29-10-1-2-11-29/h1-2,6,8,10-11,14,26H,3-5,7,9,12-13H2. The molecule has 0 amide bonds. The van der Waals surface area contributed by atoms with E-state index in [1.54, 1.807) is 18.5 Å². The van der Waals surface area contributed by atoms with Gasteiger partial charge in [0.25, 0.3) is 0 Å². The maximum absolute atomic E-state index is 12.6. The van der Waals surface area contributed by atoms with Gasteiger partial charge in [-0.15, -0.1) is 0 Å². The summed E-state index contributed by atoms with van der Waals surface area (Å²) in [5.74, 6) is -3.88. The molecule has 0 spiro atoms. The summed E-state index contributed by atoms with van der Waals surface area (Å²) in [5.41, 5.74) is 2.58. The summed E-state index contributed by atoms with van der Waals surface area (Å²) in [6.07, 6.45) is 3.46. The third kappa shape index (κ3) is 5.14. The van der Waals surface area contributed by atoms with Gasteiger partial charge in [0.05, 0.1) is 5.69 Å². The van der Waals surface area contributed by atoms with E-state index < -0.39 is 18.1 Å².